The predicted molar refractivity (Wildman–Crippen MR) is 115 cm³/mol. The van der Waals surface area contributed by atoms with Crippen molar-refractivity contribution in [3.8, 4) is 0 Å². The van der Waals surface area contributed by atoms with Gasteiger partial charge in [0.2, 0.25) is 5.72 Å². The van der Waals surface area contributed by atoms with Crippen molar-refractivity contribution >= 4 is 5.97 Å². The molecule has 1 N–H and O–H groups in total. The summed E-state index contributed by atoms with van der Waals surface area (Å²) in [5.41, 5.74) is 9.25. The van der Waals surface area contributed by atoms with Crippen LogP contribution in [0.4, 0.5) is 0 Å². The van der Waals surface area contributed by atoms with Gasteiger partial charge in [0.15, 0.2) is 0 Å². The van der Waals surface area contributed by atoms with Gasteiger partial charge in [0.05, 0.1) is 26.4 Å². The average Bonchev–Trinajstić information content (AvgIpc) is 2.83. The van der Waals surface area contributed by atoms with Crippen molar-refractivity contribution in [2.75, 3.05) is 13.2 Å². The van der Waals surface area contributed by atoms with Gasteiger partial charge in [0, 0.05) is 11.3 Å². The third-order valence-corrected chi connectivity index (χ3v) is 5.14. The van der Waals surface area contributed by atoms with E-state index in [2.05, 4.69) is 10.0 Å². The van der Waals surface area contributed by atoms with Crippen LogP contribution in [0.3, 0.4) is 0 Å². The van der Waals surface area contributed by atoms with Gasteiger partial charge in [-0.1, -0.05) is 67.6 Å². The van der Waals surface area contributed by atoms with Crippen LogP contribution in [0.25, 0.3) is 10.4 Å². The monoisotopic (exact) mass is 441 g/mol. The maximum Gasteiger partial charge on any atom is 0.306 e. The molecule has 0 amide bonds. The van der Waals surface area contributed by atoms with E-state index in [0.29, 0.717) is 0 Å². The minimum absolute atomic E-state index is 0.0765. The van der Waals surface area contributed by atoms with Gasteiger partial charge >= 0.3 is 5.97 Å². The number of hydrogen-bond acceptors (Lipinski definition) is 7. The summed E-state index contributed by atoms with van der Waals surface area (Å²) in [6.45, 7) is 1.37. The summed E-state index contributed by atoms with van der Waals surface area (Å²) in [5, 5.41) is 13.7. The molecule has 0 aromatic heterocycles. The molecular formula is C23H27N3O6. The van der Waals surface area contributed by atoms with Gasteiger partial charge < -0.3 is 24.1 Å². The Morgan fingerprint density at radius 1 is 1.12 bits per heavy atom. The second-order valence-electron chi connectivity index (χ2n) is 7.37. The summed E-state index contributed by atoms with van der Waals surface area (Å²) in [4.78, 5) is 15.1. The molecule has 0 bridgehead atoms. The molecule has 2 aromatic carbocycles. The molecule has 32 heavy (non-hydrogen) atoms. The Labute approximate surface area is 186 Å². The van der Waals surface area contributed by atoms with E-state index in [-0.39, 0.29) is 32.8 Å². The Morgan fingerprint density at radius 2 is 1.72 bits per heavy atom. The standard InChI is InChI=1S/C23H27N3O6/c1-2-20(28)32-23(25-26-24)16-31-19(13-27)21(29-14-17-9-5-3-6-10-17)22(23)30-15-18-11-7-4-8-12-18/h3-12,19,21-22,27H,2,13-16H2,1H3/t19-,21-,22+,23+/m1/s1. The van der Waals surface area contributed by atoms with E-state index in [4.69, 9.17) is 18.9 Å². The molecular weight excluding hydrogens is 414 g/mol. The van der Waals surface area contributed by atoms with Gasteiger partial charge in [-0.05, 0) is 21.8 Å². The maximum atomic E-state index is 12.2. The molecule has 1 saturated heterocycles. The highest BCUT2D eigenvalue weighted by atomic mass is 16.6. The number of azide groups is 1. The molecule has 1 aliphatic rings. The first-order valence-corrected chi connectivity index (χ1v) is 10.4. The number of aliphatic hydroxyl groups excluding tert-OH is 1. The summed E-state index contributed by atoms with van der Waals surface area (Å²) in [7, 11) is 0. The highest BCUT2D eigenvalue weighted by Crippen LogP contribution is 2.35. The van der Waals surface area contributed by atoms with Crippen molar-refractivity contribution in [3.05, 3.63) is 82.2 Å². The molecule has 9 heteroatoms. The Morgan fingerprint density at radius 3 is 2.25 bits per heavy atom. The van der Waals surface area contributed by atoms with E-state index < -0.39 is 30.0 Å². The number of esters is 1. The van der Waals surface area contributed by atoms with E-state index in [1.807, 2.05) is 60.7 Å². The zero-order valence-corrected chi connectivity index (χ0v) is 17.9. The molecule has 2 aromatic rings. The molecule has 170 valence electrons. The van der Waals surface area contributed by atoms with Crippen molar-refractivity contribution in [1.29, 1.82) is 0 Å². The lowest BCUT2D eigenvalue weighted by Crippen LogP contribution is -2.64. The Hall–Kier alpha value is -2.94. The van der Waals surface area contributed by atoms with Crippen LogP contribution in [0.15, 0.2) is 65.8 Å². The number of carbonyl (C=O) groups is 1. The van der Waals surface area contributed by atoms with E-state index in [1.54, 1.807) is 6.92 Å². The van der Waals surface area contributed by atoms with Crippen molar-refractivity contribution in [2.24, 2.45) is 5.11 Å². The van der Waals surface area contributed by atoms with Crippen molar-refractivity contribution in [3.63, 3.8) is 0 Å². The van der Waals surface area contributed by atoms with Gasteiger partial charge in [-0.15, -0.1) is 0 Å². The van der Waals surface area contributed by atoms with Gasteiger partial charge in [0.1, 0.15) is 18.3 Å². The summed E-state index contributed by atoms with van der Waals surface area (Å²) in [6.07, 6.45) is -2.56. The molecule has 0 saturated carbocycles. The quantitative estimate of drug-likeness (QED) is 0.260. The van der Waals surface area contributed by atoms with Gasteiger partial charge in [0.25, 0.3) is 0 Å². The fourth-order valence-electron chi connectivity index (χ4n) is 3.50. The molecule has 0 unspecified atom stereocenters. The lowest BCUT2D eigenvalue weighted by molar-refractivity contribution is -0.274. The second kappa shape index (κ2) is 11.6. The van der Waals surface area contributed by atoms with Crippen LogP contribution in [0, 0.1) is 0 Å². The Balaban J connectivity index is 1.93. The molecule has 0 aliphatic carbocycles. The Bertz CT molecular complexity index is 906. The zero-order chi connectivity index (χ0) is 22.8. The van der Waals surface area contributed by atoms with Crippen LogP contribution < -0.4 is 0 Å². The molecule has 1 heterocycles. The number of hydrogen-bond donors (Lipinski definition) is 1. The zero-order valence-electron chi connectivity index (χ0n) is 17.9. The van der Waals surface area contributed by atoms with E-state index >= 15 is 0 Å². The predicted octanol–water partition coefficient (Wildman–Crippen LogP) is 3.51. The van der Waals surface area contributed by atoms with Crippen LogP contribution in [-0.2, 0) is 37.0 Å². The number of rotatable bonds is 10. The molecule has 3 rings (SSSR count). The van der Waals surface area contributed by atoms with E-state index in [1.165, 1.54) is 0 Å². The smallest absolute Gasteiger partial charge is 0.306 e. The lowest BCUT2D eigenvalue weighted by atomic mass is 9.94. The molecule has 1 aliphatic heterocycles. The molecule has 9 nitrogen and oxygen atoms in total. The fraction of sp³-hybridized carbons (Fsp3) is 0.435. The summed E-state index contributed by atoms with van der Waals surface area (Å²) in [6, 6.07) is 18.9. The van der Waals surface area contributed by atoms with Crippen LogP contribution >= 0.6 is 0 Å². The maximum absolute atomic E-state index is 12.2. The van der Waals surface area contributed by atoms with E-state index in [0.717, 1.165) is 11.1 Å². The first-order chi connectivity index (χ1) is 15.6. The SMILES string of the molecule is CCC(=O)O[C@@]1(N=[N+]=[N-])CO[C@H](CO)[C@@H](OCc2ccccc2)[C@@H]1OCc1ccccc1. The van der Waals surface area contributed by atoms with Crippen LogP contribution in [0.5, 0.6) is 0 Å². The van der Waals surface area contributed by atoms with Crippen molar-refractivity contribution < 1.29 is 28.8 Å². The molecule has 1 fully saturated rings. The first-order valence-electron chi connectivity index (χ1n) is 10.4. The first kappa shape index (κ1) is 23.7. The van der Waals surface area contributed by atoms with Crippen LogP contribution in [0.2, 0.25) is 0 Å². The largest absolute Gasteiger partial charge is 0.447 e. The summed E-state index contributed by atoms with van der Waals surface area (Å²) in [5.74, 6) is -0.571. The van der Waals surface area contributed by atoms with Gasteiger partial charge in [-0.3, -0.25) is 4.79 Å². The van der Waals surface area contributed by atoms with Gasteiger partial charge in [-0.2, -0.15) is 0 Å². The number of aliphatic hydroxyl groups is 1. The average molecular weight is 441 g/mol. The normalized spacial score (nSPS) is 25.0. The van der Waals surface area contributed by atoms with Crippen LogP contribution in [-0.4, -0.2) is 48.3 Å². The third-order valence-electron chi connectivity index (χ3n) is 5.14. The molecule has 0 spiro atoms. The van der Waals surface area contributed by atoms with Gasteiger partial charge in [-0.25, -0.2) is 0 Å². The Kier molecular flexibility index (Phi) is 8.61. The minimum atomic E-state index is -1.77. The third kappa shape index (κ3) is 5.85. The number of benzene rings is 2. The molecule has 4 atom stereocenters. The number of ether oxygens (including phenoxy) is 4. The minimum Gasteiger partial charge on any atom is -0.447 e. The van der Waals surface area contributed by atoms with Crippen molar-refractivity contribution in [1.82, 2.24) is 0 Å². The lowest BCUT2D eigenvalue weighted by Gasteiger charge is -2.46. The number of nitrogens with zero attached hydrogens (tertiary/aromatic N) is 3. The summed E-state index contributed by atoms with van der Waals surface area (Å²) >= 11 is 0. The second-order valence-corrected chi connectivity index (χ2v) is 7.37. The van der Waals surface area contributed by atoms with Crippen LogP contribution in [0.1, 0.15) is 24.5 Å². The van der Waals surface area contributed by atoms with Crippen molar-refractivity contribution in [2.45, 2.75) is 50.6 Å². The highest BCUT2D eigenvalue weighted by molar-refractivity contribution is 5.69. The molecule has 0 radical (unpaired) electrons. The fourth-order valence-corrected chi connectivity index (χ4v) is 3.50. The topological polar surface area (TPSA) is 123 Å². The highest BCUT2D eigenvalue weighted by Gasteiger charge is 2.54. The summed E-state index contributed by atoms with van der Waals surface area (Å²) < 4.78 is 23.6. The number of carbonyl (C=O) groups excluding carboxylic acids is 1. The van der Waals surface area contributed by atoms with E-state index in [9.17, 15) is 15.4 Å².